The summed E-state index contributed by atoms with van der Waals surface area (Å²) >= 11 is 1.81. The second kappa shape index (κ2) is 11.7. The SMILES string of the molecule is CN=C(NCCSc1ccccc1)NCCS(=O)Cc1ccccc1. The molecule has 0 fully saturated rings. The quantitative estimate of drug-likeness (QED) is 0.306. The van der Waals surface area contributed by atoms with Crippen LogP contribution in [0.1, 0.15) is 5.56 Å². The number of thioether (sulfide) groups is 1. The van der Waals surface area contributed by atoms with E-state index in [0.29, 0.717) is 18.1 Å². The molecule has 0 radical (unpaired) electrons. The van der Waals surface area contributed by atoms with Gasteiger partial charge < -0.3 is 10.6 Å². The molecule has 2 aromatic rings. The Balaban J connectivity index is 1.59. The Labute approximate surface area is 157 Å². The van der Waals surface area contributed by atoms with Gasteiger partial charge in [-0.15, -0.1) is 11.8 Å². The molecule has 0 aromatic heterocycles. The third kappa shape index (κ3) is 8.23. The summed E-state index contributed by atoms with van der Waals surface area (Å²) in [6.45, 7) is 1.47. The van der Waals surface area contributed by atoms with Crippen LogP contribution in [0.4, 0.5) is 0 Å². The van der Waals surface area contributed by atoms with Crippen molar-refractivity contribution in [3.05, 3.63) is 66.2 Å². The molecule has 25 heavy (non-hydrogen) atoms. The molecule has 0 aliphatic heterocycles. The molecule has 1 atom stereocenters. The molecule has 0 aliphatic carbocycles. The van der Waals surface area contributed by atoms with Gasteiger partial charge in [-0.25, -0.2) is 0 Å². The van der Waals surface area contributed by atoms with Crippen LogP contribution in [-0.2, 0) is 16.6 Å². The summed E-state index contributed by atoms with van der Waals surface area (Å²) in [6, 6.07) is 20.3. The van der Waals surface area contributed by atoms with E-state index < -0.39 is 10.8 Å². The third-order valence-corrected chi connectivity index (χ3v) is 5.75. The van der Waals surface area contributed by atoms with Crippen molar-refractivity contribution >= 4 is 28.5 Å². The Bertz CT molecular complexity index is 663. The Kier molecular flexibility index (Phi) is 9.15. The van der Waals surface area contributed by atoms with Gasteiger partial charge in [-0.3, -0.25) is 9.20 Å². The van der Waals surface area contributed by atoms with E-state index in [2.05, 4.69) is 27.8 Å². The molecular formula is C19H25N3OS2. The van der Waals surface area contributed by atoms with Gasteiger partial charge in [0.1, 0.15) is 0 Å². The molecule has 2 rings (SSSR count). The van der Waals surface area contributed by atoms with Crippen LogP contribution in [0.2, 0.25) is 0 Å². The van der Waals surface area contributed by atoms with Gasteiger partial charge in [0, 0.05) is 53.1 Å². The van der Waals surface area contributed by atoms with E-state index in [4.69, 9.17) is 0 Å². The topological polar surface area (TPSA) is 53.5 Å². The van der Waals surface area contributed by atoms with Crippen molar-refractivity contribution in [1.82, 2.24) is 10.6 Å². The van der Waals surface area contributed by atoms with Gasteiger partial charge in [-0.1, -0.05) is 48.5 Å². The molecule has 0 bridgehead atoms. The summed E-state index contributed by atoms with van der Waals surface area (Å²) in [5.74, 6) is 2.92. The smallest absolute Gasteiger partial charge is 0.191 e. The minimum atomic E-state index is -0.871. The van der Waals surface area contributed by atoms with E-state index in [1.807, 2.05) is 60.3 Å². The monoisotopic (exact) mass is 375 g/mol. The van der Waals surface area contributed by atoms with Crippen LogP contribution in [0.15, 0.2) is 70.6 Å². The average molecular weight is 376 g/mol. The fourth-order valence-electron chi connectivity index (χ4n) is 2.19. The van der Waals surface area contributed by atoms with Crippen molar-refractivity contribution in [3.63, 3.8) is 0 Å². The minimum Gasteiger partial charge on any atom is -0.356 e. The fraction of sp³-hybridized carbons (Fsp3) is 0.316. The Morgan fingerprint density at radius 3 is 2.32 bits per heavy atom. The summed E-state index contributed by atoms with van der Waals surface area (Å²) < 4.78 is 12.1. The number of benzene rings is 2. The standard InChI is InChI=1S/C19H25N3OS2/c1-20-19(21-12-14-24-18-10-6-3-7-11-18)22-13-15-25(23)16-17-8-4-2-5-9-17/h2-11H,12-16H2,1H3,(H2,20,21,22). The number of hydrogen-bond donors (Lipinski definition) is 2. The van der Waals surface area contributed by atoms with Crippen molar-refractivity contribution in [2.75, 3.05) is 31.6 Å². The van der Waals surface area contributed by atoms with E-state index in [0.717, 1.165) is 23.8 Å². The third-order valence-electron chi connectivity index (χ3n) is 3.42. The van der Waals surface area contributed by atoms with Crippen molar-refractivity contribution in [1.29, 1.82) is 0 Å². The number of guanidine groups is 1. The lowest BCUT2D eigenvalue weighted by molar-refractivity contribution is 0.681. The van der Waals surface area contributed by atoms with Gasteiger partial charge in [0.05, 0.1) is 0 Å². The highest BCUT2D eigenvalue weighted by molar-refractivity contribution is 7.99. The molecule has 0 amide bonds. The molecule has 1 unspecified atom stereocenters. The zero-order valence-electron chi connectivity index (χ0n) is 14.5. The second-order valence-corrected chi connectivity index (χ2v) is 8.11. The van der Waals surface area contributed by atoms with Crippen molar-refractivity contribution in [3.8, 4) is 0 Å². The summed E-state index contributed by atoms with van der Waals surface area (Å²) in [6.07, 6.45) is 0. The second-order valence-electron chi connectivity index (χ2n) is 5.36. The van der Waals surface area contributed by atoms with Gasteiger partial charge in [-0.2, -0.15) is 0 Å². The number of rotatable bonds is 9. The van der Waals surface area contributed by atoms with E-state index >= 15 is 0 Å². The highest BCUT2D eigenvalue weighted by Gasteiger charge is 2.03. The Morgan fingerprint density at radius 1 is 1.00 bits per heavy atom. The van der Waals surface area contributed by atoms with E-state index in [-0.39, 0.29) is 0 Å². The van der Waals surface area contributed by atoms with Crippen molar-refractivity contribution < 1.29 is 4.21 Å². The molecule has 0 saturated heterocycles. The maximum atomic E-state index is 12.1. The van der Waals surface area contributed by atoms with Crippen LogP contribution in [-0.4, -0.2) is 41.8 Å². The van der Waals surface area contributed by atoms with Crippen LogP contribution < -0.4 is 10.6 Å². The molecule has 4 nitrogen and oxygen atoms in total. The molecule has 0 heterocycles. The highest BCUT2D eigenvalue weighted by atomic mass is 32.2. The number of hydrogen-bond acceptors (Lipinski definition) is 3. The number of aliphatic imine (C=N–C) groups is 1. The molecule has 0 aliphatic rings. The molecule has 2 aromatic carbocycles. The Hall–Kier alpha value is -1.79. The molecule has 134 valence electrons. The van der Waals surface area contributed by atoms with Gasteiger partial charge in [0.15, 0.2) is 5.96 Å². The first-order valence-electron chi connectivity index (χ1n) is 8.29. The number of nitrogens with zero attached hydrogens (tertiary/aromatic N) is 1. The molecule has 0 spiro atoms. The normalized spacial score (nSPS) is 12.6. The van der Waals surface area contributed by atoms with Gasteiger partial charge in [0.25, 0.3) is 0 Å². The Morgan fingerprint density at radius 2 is 1.64 bits per heavy atom. The zero-order chi connectivity index (χ0) is 17.7. The first kappa shape index (κ1) is 19.5. The zero-order valence-corrected chi connectivity index (χ0v) is 16.1. The molecule has 0 saturated carbocycles. The van der Waals surface area contributed by atoms with Crippen LogP contribution in [0.3, 0.4) is 0 Å². The number of nitrogens with one attached hydrogen (secondary N) is 2. The predicted octanol–water partition coefficient (Wildman–Crippen LogP) is 2.89. The van der Waals surface area contributed by atoms with Gasteiger partial charge in [-0.05, 0) is 17.7 Å². The lowest BCUT2D eigenvalue weighted by Gasteiger charge is -2.11. The molecular weight excluding hydrogens is 350 g/mol. The maximum absolute atomic E-state index is 12.1. The lowest BCUT2D eigenvalue weighted by atomic mass is 10.2. The molecule has 2 N–H and O–H groups in total. The first-order chi connectivity index (χ1) is 12.3. The fourth-order valence-corrected chi connectivity index (χ4v) is 4.02. The summed E-state index contributed by atoms with van der Waals surface area (Å²) in [5, 5.41) is 6.50. The van der Waals surface area contributed by atoms with Crippen LogP contribution in [0.25, 0.3) is 0 Å². The van der Waals surface area contributed by atoms with Crippen molar-refractivity contribution in [2.24, 2.45) is 4.99 Å². The van der Waals surface area contributed by atoms with Crippen LogP contribution in [0, 0.1) is 0 Å². The van der Waals surface area contributed by atoms with Crippen molar-refractivity contribution in [2.45, 2.75) is 10.6 Å². The predicted molar refractivity (Wildman–Crippen MR) is 110 cm³/mol. The lowest BCUT2D eigenvalue weighted by Crippen LogP contribution is -2.40. The van der Waals surface area contributed by atoms with E-state index in [9.17, 15) is 4.21 Å². The minimum absolute atomic E-state index is 0.599. The average Bonchev–Trinajstić information content (AvgIpc) is 2.65. The summed E-state index contributed by atoms with van der Waals surface area (Å²) in [7, 11) is 0.880. The first-order valence-corrected chi connectivity index (χ1v) is 10.8. The van der Waals surface area contributed by atoms with Crippen LogP contribution in [0.5, 0.6) is 0 Å². The van der Waals surface area contributed by atoms with E-state index in [1.54, 1.807) is 7.05 Å². The van der Waals surface area contributed by atoms with Crippen LogP contribution >= 0.6 is 11.8 Å². The largest absolute Gasteiger partial charge is 0.356 e. The van der Waals surface area contributed by atoms with Gasteiger partial charge in [0.2, 0.25) is 0 Å². The van der Waals surface area contributed by atoms with E-state index in [1.165, 1.54) is 4.90 Å². The summed E-state index contributed by atoms with van der Waals surface area (Å²) in [4.78, 5) is 5.47. The highest BCUT2D eigenvalue weighted by Crippen LogP contribution is 2.15. The molecule has 6 heteroatoms. The maximum Gasteiger partial charge on any atom is 0.191 e. The van der Waals surface area contributed by atoms with Gasteiger partial charge >= 0.3 is 0 Å². The summed E-state index contributed by atoms with van der Waals surface area (Å²) in [5.41, 5.74) is 1.11.